The summed E-state index contributed by atoms with van der Waals surface area (Å²) in [6.45, 7) is -0.0736. The molecule has 0 saturated heterocycles. The van der Waals surface area contributed by atoms with Gasteiger partial charge in [0.1, 0.15) is 13.2 Å². The van der Waals surface area contributed by atoms with Crippen LogP contribution in [0.5, 0.6) is 0 Å². The first-order valence-corrected chi connectivity index (χ1v) is 6.90. The van der Waals surface area contributed by atoms with Crippen molar-refractivity contribution in [1.29, 1.82) is 0 Å². The van der Waals surface area contributed by atoms with E-state index in [1.165, 1.54) is 6.21 Å². The lowest BCUT2D eigenvalue weighted by Gasteiger charge is -2.06. The number of rotatable bonds is 6. The normalized spacial score (nSPS) is 10.3. The van der Waals surface area contributed by atoms with Crippen LogP contribution in [0.15, 0.2) is 60.0 Å². The van der Waals surface area contributed by atoms with Crippen LogP contribution in [0, 0.1) is 0 Å². The van der Waals surface area contributed by atoms with Gasteiger partial charge in [0.2, 0.25) is 0 Å². The molecule has 1 aromatic heterocycles. The molecule has 118 valence electrons. The number of pyridine rings is 1. The van der Waals surface area contributed by atoms with Gasteiger partial charge in [-0.05, 0) is 23.3 Å². The SMILES string of the molecule is O=C(CNC(=O)OCc1ccccc1)N/N=C/c1ccncc1. The summed E-state index contributed by atoms with van der Waals surface area (Å²) in [5.41, 5.74) is 3.97. The first-order chi connectivity index (χ1) is 11.2. The summed E-state index contributed by atoms with van der Waals surface area (Å²) in [5, 5.41) is 6.11. The highest BCUT2D eigenvalue weighted by Gasteiger charge is 2.05. The molecular weight excluding hydrogens is 296 g/mol. The Labute approximate surface area is 133 Å². The quantitative estimate of drug-likeness (QED) is 0.624. The summed E-state index contributed by atoms with van der Waals surface area (Å²) >= 11 is 0. The molecule has 1 aromatic carbocycles. The van der Waals surface area contributed by atoms with Gasteiger partial charge in [-0.1, -0.05) is 30.3 Å². The number of hydrazone groups is 1. The van der Waals surface area contributed by atoms with E-state index in [-0.39, 0.29) is 13.2 Å². The van der Waals surface area contributed by atoms with E-state index in [1.54, 1.807) is 24.5 Å². The van der Waals surface area contributed by atoms with Gasteiger partial charge < -0.3 is 10.1 Å². The van der Waals surface area contributed by atoms with E-state index >= 15 is 0 Å². The average molecular weight is 312 g/mol. The van der Waals surface area contributed by atoms with Crippen molar-refractivity contribution in [3.63, 3.8) is 0 Å². The third-order valence-electron chi connectivity index (χ3n) is 2.72. The lowest BCUT2D eigenvalue weighted by atomic mass is 10.2. The Kier molecular flexibility index (Phi) is 6.27. The topological polar surface area (TPSA) is 92.7 Å². The summed E-state index contributed by atoms with van der Waals surface area (Å²) < 4.78 is 4.98. The summed E-state index contributed by atoms with van der Waals surface area (Å²) in [6.07, 6.45) is 4.05. The summed E-state index contributed by atoms with van der Waals surface area (Å²) in [6, 6.07) is 12.8. The zero-order valence-corrected chi connectivity index (χ0v) is 12.3. The van der Waals surface area contributed by atoms with E-state index in [4.69, 9.17) is 4.74 Å². The Morgan fingerprint density at radius 2 is 1.87 bits per heavy atom. The predicted octanol–water partition coefficient (Wildman–Crippen LogP) is 1.46. The predicted molar refractivity (Wildman–Crippen MR) is 84.6 cm³/mol. The fourth-order valence-corrected chi connectivity index (χ4v) is 1.59. The summed E-state index contributed by atoms with van der Waals surface area (Å²) in [4.78, 5) is 26.8. The summed E-state index contributed by atoms with van der Waals surface area (Å²) in [7, 11) is 0. The number of hydrogen-bond donors (Lipinski definition) is 2. The maximum absolute atomic E-state index is 11.5. The minimum atomic E-state index is -0.665. The van der Waals surface area contributed by atoms with Gasteiger partial charge in [-0.15, -0.1) is 0 Å². The second-order valence-electron chi connectivity index (χ2n) is 4.49. The minimum Gasteiger partial charge on any atom is -0.445 e. The summed E-state index contributed by atoms with van der Waals surface area (Å²) in [5.74, 6) is -0.452. The van der Waals surface area contributed by atoms with Crippen LogP contribution >= 0.6 is 0 Å². The molecular formula is C16H16N4O3. The first kappa shape index (κ1) is 16.2. The van der Waals surface area contributed by atoms with Crippen molar-refractivity contribution in [2.24, 2.45) is 5.10 Å². The van der Waals surface area contributed by atoms with Crippen molar-refractivity contribution in [3.05, 3.63) is 66.0 Å². The largest absolute Gasteiger partial charge is 0.445 e. The highest BCUT2D eigenvalue weighted by atomic mass is 16.5. The van der Waals surface area contributed by atoms with E-state index in [0.29, 0.717) is 0 Å². The van der Waals surface area contributed by atoms with E-state index < -0.39 is 12.0 Å². The second-order valence-corrected chi connectivity index (χ2v) is 4.49. The van der Waals surface area contributed by atoms with Crippen LogP contribution in [0.1, 0.15) is 11.1 Å². The third-order valence-corrected chi connectivity index (χ3v) is 2.72. The van der Waals surface area contributed by atoms with E-state index in [1.807, 2.05) is 30.3 Å². The second kappa shape index (κ2) is 8.93. The Morgan fingerprint density at radius 3 is 2.61 bits per heavy atom. The minimum absolute atomic E-state index is 0.147. The van der Waals surface area contributed by atoms with Crippen molar-refractivity contribution in [3.8, 4) is 0 Å². The van der Waals surface area contributed by atoms with Crippen molar-refractivity contribution in [2.75, 3.05) is 6.54 Å². The monoisotopic (exact) mass is 312 g/mol. The van der Waals surface area contributed by atoms with E-state index in [0.717, 1.165) is 11.1 Å². The van der Waals surface area contributed by atoms with Gasteiger partial charge in [-0.3, -0.25) is 9.78 Å². The van der Waals surface area contributed by atoms with Crippen LogP contribution in [0.2, 0.25) is 0 Å². The maximum atomic E-state index is 11.5. The molecule has 2 amide bonds. The molecule has 0 unspecified atom stereocenters. The average Bonchev–Trinajstić information content (AvgIpc) is 2.60. The van der Waals surface area contributed by atoms with Gasteiger partial charge in [0, 0.05) is 12.4 Å². The number of carbonyl (C=O) groups excluding carboxylic acids is 2. The number of amides is 2. The molecule has 0 bridgehead atoms. The molecule has 0 aliphatic heterocycles. The lowest BCUT2D eigenvalue weighted by Crippen LogP contribution is -2.35. The molecule has 7 nitrogen and oxygen atoms in total. The molecule has 0 radical (unpaired) electrons. The van der Waals surface area contributed by atoms with Crippen LogP contribution in [-0.4, -0.2) is 29.7 Å². The van der Waals surface area contributed by atoms with Crippen molar-refractivity contribution in [1.82, 2.24) is 15.7 Å². The van der Waals surface area contributed by atoms with Crippen molar-refractivity contribution >= 4 is 18.2 Å². The molecule has 23 heavy (non-hydrogen) atoms. The highest BCUT2D eigenvalue weighted by Crippen LogP contribution is 2.00. The number of hydrogen-bond acceptors (Lipinski definition) is 5. The number of aromatic nitrogens is 1. The number of nitrogens with zero attached hydrogens (tertiary/aromatic N) is 2. The Bertz CT molecular complexity index is 660. The zero-order chi connectivity index (χ0) is 16.3. The lowest BCUT2D eigenvalue weighted by molar-refractivity contribution is -0.120. The Balaban J connectivity index is 1.64. The smallest absolute Gasteiger partial charge is 0.407 e. The van der Waals surface area contributed by atoms with Crippen molar-refractivity contribution < 1.29 is 14.3 Å². The van der Waals surface area contributed by atoms with Crippen molar-refractivity contribution in [2.45, 2.75) is 6.61 Å². The fraction of sp³-hybridized carbons (Fsp3) is 0.125. The zero-order valence-electron chi connectivity index (χ0n) is 12.3. The van der Waals surface area contributed by atoms with Gasteiger partial charge >= 0.3 is 6.09 Å². The molecule has 0 aliphatic carbocycles. The van der Waals surface area contributed by atoms with Gasteiger partial charge in [0.05, 0.1) is 6.21 Å². The Hall–Kier alpha value is -3.22. The van der Waals surface area contributed by atoms with Crippen LogP contribution in [0.4, 0.5) is 4.79 Å². The Morgan fingerprint density at radius 1 is 1.13 bits per heavy atom. The third kappa shape index (κ3) is 6.38. The first-order valence-electron chi connectivity index (χ1n) is 6.90. The molecule has 0 spiro atoms. The molecule has 0 atom stereocenters. The van der Waals surface area contributed by atoms with Gasteiger partial charge in [-0.2, -0.15) is 5.10 Å². The number of benzene rings is 1. The highest BCUT2D eigenvalue weighted by molar-refractivity contribution is 5.84. The molecule has 2 rings (SSSR count). The molecule has 2 aromatic rings. The van der Waals surface area contributed by atoms with E-state index in [2.05, 4.69) is 20.8 Å². The van der Waals surface area contributed by atoms with Crippen LogP contribution < -0.4 is 10.7 Å². The molecule has 0 fully saturated rings. The molecule has 0 saturated carbocycles. The molecule has 1 heterocycles. The van der Waals surface area contributed by atoms with Gasteiger partial charge in [-0.25, -0.2) is 10.2 Å². The van der Waals surface area contributed by atoms with Gasteiger partial charge in [0.15, 0.2) is 0 Å². The number of nitrogens with one attached hydrogen (secondary N) is 2. The van der Waals surface area contributed by atoms with Crippen LogP contribution in [0.25, 0.3) is 0 Å². The fourth-order valence-electron chi connectivity index (χ4n) is 1.59. The standard InChI is InChI=1S/C16H16N4O3/c21-15(20-19-10-13-6-8-17-9-7-13)11-18-16(22)23-12-14-4-2-1-3-5-14/h1-10H,11-12H2,(H,18,22)(H,20,21)/b19-10+. The van der Waals surface area contributed by atoms with Gasteiger partial charge in [0.25, 0.3) is 5.91 Å². The maximum Gasteiger partial charge on any atom is 0.407 e. The molecule has 2 N–H and O–H groups in total. The number of carbonyl (C=O) groups is 2. The molecule has 0 aliphatic rings. The molecule has 7 heteroatoms. The van der Waals surface area contributed by atoms with E-state index in [9.17, 15) is 9.59 Å². The van der Waals surface area contributed by atoms with Crippen LogP contribution in [-0.2, 0) is 16.1 Å². The number of alkyl carbamates (subject to hydrolysis) is 1. The van der Waals surface area contributed by atoms with Crippen LogP contribution in [0.3, 0.4) is 0 Å². The number of ether oxygens (including phenoxy) is 1.